The van der Waals surface area contributed by atoms with Crippen LogP contribution in [-0.2, 0) is 0 Å². The molecule has 4 heteroatoms. The van der Waals surface area contributed by atoms with Gasteiger partial charge >= 0.3 is 0 Å². The molecule has 0 aromatic heterocycles. The van der Waals surface area contributed by atoms with Gasteiger partial charge in [0.2, 0.25) is 0 Å². The molecule has 0 amide bonds. The molecule has 2 rings (SSSR count). The summed E-state index contributed by atoms with van der Waals surface area (Å²) in [6.45, 7) is 8.64. The number of likely N-dealkylation sites (N-methyl/N-ethyl adjacent to an activating group) is 1. The number of anilines is 1. The quantitative estimate of drug-likeness (QED) is 0.777. The van der Waals surface area contributed by atoms with Crippen LogP contribution in [0.2, 0.25) is 0 Å². The van der Waals surface area contributed by atoms with E-state index in [4.69, 9.17) is 0 Å². The van der Waals surface area contributed by atoms with E-state index in [1.807, 2.05) is 18.2 Å². The van der Waals surface area contributed by atoms with Gasteiger partial charge in [0, 0.05) is 34.9 Å². The SMILES string of the molecule is CCN(CC)C1CCN(c2cc(Br)ccc2C=O)C1. The van der Waals surface area contributed by atoms with Crippen LogP contribution < -0.4 is 4.90 Å². The Morgan fingerprint density at radius 3 is 2.79 bits per heavy atom. The number of aldehydes is 1. The molecular formula is C15H21BrN2O. The van der Waals surface area contributed by atoms with E-state index in [1.54, 1.807) is 0 Å². The fourth-order valence-corrected chi connectivity index (χ4v) is 3.24. The van der Waals surface area contributed by atoms with Crippen LogP contribution in [0.15, 0.2) is 22.7 Å². The summed E-state index contributed by atoms with van der Waals surface area (Å²) in [6.07, 6.45) is 2.12. The third-order valence-corrected chi connectivity index (χ3v) is 4.45. The van der Waals surface area contributed by atoms with Gasteiger partial charge in [0.25, 0.3) is 0 Å². The van der Waals surface area contributed by atoms with Gasteiger partial charge in [-0.25, -0.2) is 0 Å². The molecule has 1 unspecified atom stereocenters. The third-order valence-electron chi connectivity index (χ3n) is 3.95. The fraction of sp³-hybridized carbons (Fsp3) is 0.533. The summed E-state index contributed by atoms with van der Waals surface area (Å²) in [5.41, 5.74) is 1.84. The molecule has 0 N–H and O–H groups in total. The minimum atomic E-state index is 0.605. The number of hydrogen-bond donors (Lipinski definition) is 0. The standard InChI is InChI=1S/C15H21BrN2O/c1-3-17(4-2)14-7-8-18(10-14)15-9-13(16)6-5-12(15)11-19/h5-6,9,11,14H,3-4,7-8,10H2,1-2H3. The molecule has 1 aliphatic rings. The number of carbonyl (C=O) groups excluding carboxylic acids is 1. The van der Waals surface area contributed by atoms with Crippen LogP contribution in [0.3, 0.4) is 0 Å². The van der Waals surface area contributed by atoms with Gasteiger partial charge in [-0.05, 0) is 37.7 Å². The van der Waals surface area contributed by atoms with Crippen LogP contribution in [0.25, 0.3) is 0 Å². The molecule has 1 heterocycles. The average molecular weight is 325 g/mol. The van der Waals surface area contributed by atoms with Crippen LogP contribution in [0.5, 0.6) is 0 Å². The lowest BCUT2D eigenvalue weighted by Gasteiger charge is -2.27. The Morgan fingerprint density at radius 1 is 1.42 bits per heavy atom. The Morgan fingerprint density at radius 2 is 2.16 bits per heavy atom. The highest BCUT2D eigenvalue weighted by Gasteiger charge is 2.27. The summed E-state index contributed by atoms with van der Waals surface area (Å²) in [5.74, 6) is 0. The first-order chi connectivity index (χ1) is 9.19. The minimum Gasteiger partial charge on any atom is -0.369 e. The van der Waals surface area contributed by atoms with Crippen molar-refractivity contribution in [2.45, 2.75) is 26.3 Å². The van der Waals surface area contributed by atoms with E-state index in [1.165, 1.54) is 6.42 Å². The molecule has 1 fully saturated rings. The molecule has 0 aliphatic carbocycles. The fourth-order valence-electron chi connectivity index (χ4n) is 2.89. The molecule has 1 aromatic carbocycles. The summed E-state index contributed by atoms with van der Waals surface area (Å²) < 4.78 is 1.03. The van der Waals surface area contributed by atoms with Crippen molar-refractivity contribution in [2.24, 2.45) is 0 Å². The van der Waals surface area contributed by atoms with E-state index < -0.39 is 0 Å². The van der Waals surface area contributed by atoms with Gasteiger partial charge in [-0.15, -0.1) is 0 Å². The molecule has 1 aromatic rings. The van der Waals surface area contributed by atoms with E-state index in [-0.39, 0.29) is 0 Å². The molecule has 104 valence electrons. The van der Waals surface area contributed by atoms with Gasteiger partial charge in [0.05, 0.1) is 0 Å². The van der Waals surface area contributed by atoms with Gasteiger partial charge in [0.1, 0.15) is 0 Å². The average Bonchev–Trinajstić information content (AvgIpc) is 2.89. The van der Waals surface area contributed by atoms with Crippen molar-refractivity contribution in [3.8, 4) is 0 Å². The minimum absolute atomic E-state index is 0.605. The first-order valence-corrected chi connectivity index (χ1v) is 7.72. The Hall–Kier alpha value is -0.870. The zero-order chi connectivity index (χ0) is 13.8. The normalized spacial score (nSPS) is 19.2. The Balaban J connectivity index is 2.16. The van der Waals surface area contributed by atoms with E-state index in [2.05, 4.69) is 39.6 Å². The highest BCUT2D eigenvalue weighted by molar-refractivity contribution is 9.10. The molecule has 0 saturated carbocycles. The second kappa shape index (κ2) is 6.53. The van der Waals surface area contributed by atoms with Crippen LogP contribution in [0.1, 0.15) is 30.6 Å². The highest BCUT2D eigenvalue weighted by atomic mass is 79.9. The number of hydrogen-bond acceptors (Lipinski definition) is 3. The first kappa shape index (κ1) is 14.5. The van der Waals surface area contributed by atoms with Gasteiger partial charge < -0.3 is 4.90 Å². The monoisotopic (exact) mass is 324 g/mol. The maximum Gasteiger partial charge on any atom is 0.152 e. The van der Waals surface area contributed by atoms with Crippen LogP contribution >= 0.6 is 15.9 Å². The molecule has 0 bridgehead atoms. The largest absolute Gasteiger partial charge is 0.369 e. The summed E-state index contributed by atoms with van der Waals surface area (Å²) in [7, 11) is 0. The first-order valence-electron chi connectivity index (χ1n) is 6.93. The molecular weight excluding hydrogens is 304 g/mol. The number of rotatable bonds is 5. The van der Waals surface area contributed by atoms with E-state index in [0.29, 0.717) is 6.04 Å². The van der Waals surface area contributed by atoms with E-state index in [0.717, 1.165) is 48.2 Å². The second-order valence-electron chi connectivity index (χ2n) is 4.93. The number of carbonyl (C=O) groups is 1. The van der Waals surface area contributed by atoms with Crippen molar-refractivity contribution in [1.29, 1.82) is 0 Å². The zero-order valence-electron chi connectivity index (χ0n) is 11.6. The number of nitrogens with zero attached hydrogens (tertiary/aromatic N) is 2. The Labute approximate surface area is 123 Å². The van der Waals surface area contributed by atoms with Gasteiger partial charge in [-0.1, -0.05) is 29.8 Å². The topological polar surface area (TPSA) is 23.6 Å². The molecule has 1 saturated heterocycles. The number of halogens is 1. The van der Waals surface area contributed by atoms with Crippen molar-refractivity contribution >= 4 is 27.9 Å². The summed E-state index contributed by atoms with van der Waals surface area (Å²) in [6, 6.07) is 6.46. The predicted molar refractivity (Wildman–Crippen MR) is 83.1 cm³/mol. The molecule has 3 nitrogen and oxygen atoms in total. The summed E-state index contributed by atoms with van der Waals surface area (Å²) in [5, 5.41) is 0. The van der Waals surface area contributed by atoms with Gasteiger partial charge in [0.15, 0.2) is 6.29 Å². The number of benzene rings is 1. The lowest BCUT2D eigenvalue weighted by atomic mass is 10.2. The summed E-state index contributed by atoms with van der Waals surface area (Å²) in [4.78, 5) is 16.0. The van der Waals surface area contributed by atoms with Crippen molar-refractivity contribution in [3.63, 3.8) is 0 Å². The molecule has 1 atom stereocenters. The lowest BCUT2D eigenvalue weighted by molar-refractivity contribution is 0.112. The highest BCUT2D eigenvalue weighted by Crippen LogP contribution is 2.28. The molecule has 1 aliphatic heterocycles. The molecule has 19 heavy (non-hydrogen) atoms. The van der Waals surface area contributed by atoms with Crippen molar-refractivity contribution in [2.75, 3.05) is 31.1 Å². The van der Waals surface area contributed by atoms with Crippen LogP contribution in [-0.4, -0.2) is 43.4 Å². The molecule has 0 spiro atoms. The van der Waals surface area contributed by atoms with E-state index >= 15 is 0 Å². The van der Waals surface area contributed by atoms with Gasteiger partial charge in [-0.3, -0.25) is 9.69 Å². The van der Waals surface area contributed by atoms with Crippen molar-refractivity contribution in [3.05, 3.63) is 28.2 Å². The Kier molecular flexibility index (Phi) is 4.99. The maximum atomic E-state index is 11.2. The van der Waals surface area contributed by atoms with Crippen LogP contribution in [0.4, 0.5) is 5.69 Å². The van der Waals surface area contributed by atoms with Gasteiger partial charge in [-0.2, -0.15) is 0 Å². The predicted octanol–water partition coefficient (Wildman–Crippen LogP) is 3.18. The Bertz CT molecular complexity index is 446. The van der Waals surface area contributed by atoms with Crippen molar-refractivity contribution in [1.82, 2.24) is 4.90 Å². The second-order valence-corrected chi connectivity index (χ2v) is 5.85. The van der Waals surface area contributed by atoms with Crippen LogP contribution in [0, 0.1) is 0 Å². The third kappa shape index (κ3) is 3.18. The molecule has 0 radical (unpaired) electrons. The maximum absolute atomic E-state index is 11.2. The zero-order valence-corrected chi connectivity index (χ0v) is 13.2. The summed E-state index contributed by atoms with van der Waals surface area (Å²) >= 11 is 3.49. The smallest absolute Gasteiger partial charge is 0.152 e. The van der Waals surface area contributed by atoms with Crippen molar-refractivity contribution < 1.29 is 4.79 Å². The van der Waals surface area contributed by atoms with E-state index in [9.17, 15) is 4.79 Å². The lowest BCUT2D eigenvalue weighted by Crippen LogP contribution is -2.37.